The van der Waals surface area contributed by atoms with Gasteiger partial charge < -0.3 is 4.42 Å². The van der Waals surface area contributed by atoms with Gasteiger partial charge in [-0.05, 0) is 44.7 Å². The number of nitrogens with zero attached hydrogens (tertiary/aromatic N) is 4. The van der Waals surface area contributed by atoms with Crippen molar-refractivity contribution in [1.82, 2.24) is 19.4 Å². The van der Waals surface area contributed by atoms with Gasteiger partial charge >= 0.3 is 6.18 Å². The zero-order valence-corrected chi connectivity index (χ0v) is 14.8. The monoisotopic (exact) mass is 382 g/mol. The van der Waals surface area contributed by atoms with Gasteiger partial charge in [0.05, 0.1) is 19.1 Å². The number of alkyl halides is 3. The number of aromatic nitrogens is 3. The van der Waals surface area contributed by atoms with E-state index in [0.717, 1.165) is 43.9 Å². The average Bonchev–Trinajstić information content (AvgIpc) is 3.37. The number of rotatable bonds is 5. The molecule has 0 spiro atoms. The Kier molecular flexibility index (Phi) is 4.79. The lowest BCUT2D eigenvalue weighted by Crippen LogP contribution is -2.36. The molecule has 2 aromatic rings. The van der Waals surface area contributed by atoms with E-state index in [1.165, 1.54) is 17.4 Å². The molecule has 2 aromatic heterocycles. The molecule has 0 radical (unpaired) electrons. The van der Waals surface area contributed by atoms with E-state index in [9.17, 15) is 18.0 Å². The highest BCUT2D eigenvalue weighted by Crippen LogP contribution is 2.40. The first-order valence-electron chi connectivity index (χ1n) is 9.19. The molecule has 0 unspecified atom stereocenters. The van der Waals surface area contributed by atoms with Crippen LogP contribution in [0.4, 0.5) is 13.2 Å². The van der Waals surface area contributed by atoms with Crippen LogP contribution in [0.15, 0.2) is 27.8 Å². The first kappa shape index (κ1) is 18.2. The first-order valence-corrected chi connectivity index (χ1v) is 9.19. The van der Waals surface area contributed by atoms with E-state index in [0.29, 0.717) is 25.1 Å². The third-order valence-electron chi connectivity index (χ3n) is 5.24. The highest BCUT2D eigenvalue weighted by molar-refractivity contribution is 5.08. The van der Waals surface area contributed by atoms with Crippen molar-refractivity contribution in [3.8, 4) is 0 Å². The van der Waals surface area contributed by atoms with Gasteiger partial charge in [-0.15, -0.1) is 0 Å². The molecule has 0 bridgehead atoms. The molecule has 3 heterocycles. The second kappa shape index (κ2) is 7.10. The van der Waals surface area contributed by atoms with Crippen molar-refractivity contribution >= 4 is 0 Å². The Morgan fingerprint density at radius 2 is 1.89 bits per heavy atom. The van der Waals surface area contributed by atoms with Crippen molar-refractivity contribution in [2.45, 2.75) is 50.9 Å². The molecule has 6 nitrogen and oxygen atoms in total. The Hall–Kier alpha value is -2.16. The van der Waals surface area contributed by atoms with Crippen molar-refractivity contribution < 1.29 is 17.6 Å². The first-order chi connectivity index (χ1) is 12.9. The van der Waals surface area contributed by atoms with Gasteiger partial charge in [0.2, 0.25) is 5.89 Å². The average molecular weight is 382 g/mol. The Balaban J connectivity index is 1.29. The minimum Gasteiger partial charge on any atom is -0.444 e. The maximum absolute atomic E-state index is 12.6. The summed E-state index contributed by atoms with van der Waals surface area (Å²) in [6.45, 7) is 2.74. The molecule has 0 aromatic carbocycles. The lowest BCUT2D eigenvalue weighted by Gasteiger charge is -2.31. The highest BCUT2D eigenvalue weighted by atomic mass is 19.4. The second-order valence-electron chi connectivity index (χ2n) is 7.41. The fraction of sp³-hybridized carbons (Fsp3) is 0.611. The predicted molar refractivity (Wildman–Crippen MR) is 90.0 cm³/mol. The summed E-state index contributed by atoms with van der Waals surface area (Å²) in [5.41, 5.74) is -1.80. The van der Waals surface area contributed by atoms with E-state index in [1.54, 1.807) is 0 Å². The summed E-state index contributed by atoms with van der Waals surface area (Å²) in [5.74, 6) is 2.50. The molecule has 0 amide bonds. The van der Waals surface area contributed by atoms with Crippen LogP contribution < -0.4 is 5.56 Å². The molecule has 2 fully saturated rings. The molecule has 2 aliphatic rings. The van der Waals surface area contributed by atoms with Crippen LogP contribution >= 0.6 is 0 Å². The molecule has 1 saturated heterocycles. The zero-order chi connectivity index (χ0) is 19.0. The van der Waals surface area contributed by atoms with Crippen LogP contribution in [0.5, 0.6) is 0 Å². The molecule has 1 aliphatic heterocycles. The van der Waals surface area contributed by atoms with Gasteiger partial charge in [-0.1, -0.05) is 0 Å². The van der Waals surface area contributed by atoms with Gasteiger partial charge in [-0.25, -0.2) is 9.97 Å². The van der Waals surface area contributed by atoms with Crippen LogP contribution in [-0.4, -0.2) is 32.5 Å². The van der Waals surface area contributed by atoms with Crippen molar-refractivity contribution in [2.75, 3.05) is 13.1 Å². The molecule has 0 atom stereocenters. The van der Waals surface area contributed by atoms with Crippen LogP contribution in [0.2, 0.25) is 0 Å². The van der Waals surface area contributed by atoms with Crippen molar-refractivity contribution in [2.24, 2.45) is 5.92 Å². The standard InChI is InChI=1S/C18H21F3N4O2/c19-18(20,21)15-7-17(26)25(11-23-15)9-12-3-5-24(6-4-12)10-16-22-8-14(27-16)13-1-2-13/h7-8,11-13H,1-6,9-10H2. The molecule has 0 N–H and O–H groups in total. The van der Waals surface area contributed by atoms with Gasteiger partial charge in [0.15, 0.2) is 5.69 Å². The summed E-state index contributed by atoms with van der Waals surface area (Å²) in [7, 11) is 0. The van der Waals surface area contributed by atoms with Gasteiger partial charge in [-0.3, -0.25) is 14.3 Å². The minimum atomic E-state index is -4.59. The van der Waals surface area contributed by atoms with Gasteiger partial charge in [-0.2, -0.15) is 13.2 Å². The maximum Gasteiger partial charge on any atom is 0.433 e. The van der Waals surface area contributed by atoms with Crippen LogP contribution in [0.25, 0.3) is 0 Å². The molecular weight excluding hydrogens is 361 g/mol. The lowest BCUT2D eigenvalue weighted by molar-refractivity contribution is -0.141. The van der Waals surface area contributed by atoms with Gasteiger partial charge in [0, 0.05) is 18.5 Å². The minimum absolute atomic E-state index is 0.240. The fourth-order valence-corrected chi connectivity index (χ4v) is 3.47. The Morgan fingerprint density at radius 1 is 1.15 bits per heavy atom. The molecule has 9 heteroatoms. The summed E-state index contributed by atoms with van der Waals surface area (Å²) >= 11 is 0. The van der Waals surface area contributed by atoms with Crippen LogP contribution in [-0.2, 0) is 19.3 Å². The summed E-state index contributed by atoms with van der Waals surface area (Å²) < 4.78 is 44.9. The van der Waals surface area contributed by atoms with E-state index >= 15 is 0 Å². The van der Waals surface area contributed by atoms with E-state index in [-0.39, 0.29) is 5.92 Å². The van der Waals surface area contributed by atoms with E-state index in [4.69, 9.17) is 4.42 Å². The summed E-state index contributed by atoms with van der Waals surface area (Å²) in [5, 5.41) is 0. The van der Waals surface area contributed by atoms with E-state index in [1.807, 2.05) is 6.20 Å². The molecule has 4 rings (SSSR count). The largest absolute Gasteiger partial charge is 0.444 e. The number of oxazole rings is 1. The normalized spacial score (nSPS) is 19.5. The molecule has 27 heavy (non-hydrogen) atoms. The van der Waals surface area contributed by atoms with Crippen molar-refractivity contribution in [3.05, 3.63) is 46.3 Å². The topological polar surface area (TPSA) is 64.2 Å². The summed E-state index contributed by atoms with van der Waals surface area (Å²) in [6, 6.07) is 0.565. The van der Waals surface area contributed by atoms with Crippen LogP contribution in [0.3, 0.4) is 0 Å². The van der Waals surface area contributed by atoms with E-state index in [2.05, 4.69) is 14.9 Å². The molecule has 146 valence electrons. The predicted octanol–water partition coefficient (Wildman–Crippen LogP) is 3.04. The smallest absolute Gasteiger partial charge is 0.433 e. The fourth-order valence-electron chi connectivity index (χ4n) is 3.47. The molecular formula is C18H21F3N4O2. The Labute approximate surface area is 154 Å². The van der Waals surface area contributed by atoms with Crippen molar-refractivity contribution in [1.29, 1.82) is 0 Å². The Bertz CT molecular complexity index is 849. The summed E-state index contributed by atoms with van der Waals surface area (Å²) in [6.07, 6.45) is 2.32. The Morgan fingerprint density at radius 3 is 2.52 bits per heavy atom. The number of hydrogen-bond donors (Lipinski definition) is 0. The maximum atomic E-state index is 12.6. The third kappa shape index (κ3) is 4.40. The lowest BCUT2D eigenvalue weighted by atomic mass is 9.96. The number of halogens is 3. The van der Waals surface area contributed by atoms with Gasteiger partial charge in [0.25, 0.3) is 5.56 Å². The second-order valence-corrected chi connectivity index (χ2v) is 7.41. The van der Waals surface area contributed by atoms with Crippen molar-refractivity contribution in [3.63, 3.8) is 0 Å². The van der Waals surface area contributed by atoms with Crippen LogP contribution in [0.1, 0.15) is 48.9 Å². The van der Waals surface area contributed by atoms with E-state index < -0.39 is 17.4 Å². The quantitative estimate of drug-likeness (QED) is 0.795. The SMILES string of the molecule is O=c1cc(C(F)(F)F)ncn1CC1CCN(Cc2ncc(C3CC3)o2)CC1. The molecule has 1 saturated carbocycles. The number of hydrogen-bond acceptors (Lipinski definition) is 5. The zero-order valence-electron chi connectivity index (χ0n) is 14.8. The third-order valence-corrected chi connectivity index (χ3v) is 5.24. The molecule has 1 aliphatic carbocycles. The van der Waals surface area contributed by atoms with Crippen LogP contribution in [0, 0.1) is 5.92 Å². The van der Waals surface area contributed by atoms with Gasteiger partial charge in [0.1, 0.15) is 5.76 Å². The number of likely N-dealkylation sites (tertiary alicyclic amines) is 1. The highest BCUT2D eigenvalue weighted by Gasteiger charge is 2.33. The number of piperidine rings is 1. The summed E-state index contributed by atoms with van der Waals surface area (Å²) in [4.78, 5) is 21.9.